The summed E-state index contributed by atoms with van der Waals surface area (Å²) in [6, 6.07) is 10.0. The fraction of sp³-hybridized carbons (Fsp3) is 0.548. The molecule has 1 aliphatic carbocycles. The van der Waals surface area contributed by atoms with Gasteiger partial charge in [-0.15, -0.1) is 6.42 Å². The first-order valence-corrected chi connectivity index (χ1v) is 14.5. The van der Waals surface area contributed by atoms with Crippen molar-refractivity contribution in [3.05, 3.63) is 77.4 Å². The summed E-state index contributed by atoms with van der Waals surface area (Å²) < 4.78 is 5.96. The SMILES string of the molecule is CC(C)(C)C1=CC[C-]=C1.CC=C(C=C(COc1ccccc1)C(C)(C)C)C(C)(C)C.C[SiH]C.[Ti]. The normalized spacial score (nSPS) is 14.2. The summed E-state index contributed by atoms with van der Waals surface area (Å²) in [4.78, 5) is 0. The van der Waals surface area contributed by atoms with Crippen molar-refractivity contribution in [3.8, 4) is 5.75 Å². The van der Waals surface area contributed by atoms with Crippen LogP contribution in [-0.2, 0) is 21.7 Å². The minimum absolute atomic E-state index is 0. The number of hydrogen-bond donors (Lipinski definition) is 0. The molecule has 2 rings (SSSR count). The second-order valence-electron chi connectivity index (χ2n) is 11.6. The van der Waals surface area contributed by atoms with E-state index in [0.717, 1.165) is 21.7 Å². The van der Waals surface area contributed by atoms with Crippen molar-refractivity contribution >= 4 is 9.52 Å². The first-order chi connectivity index (χ1) is 15.2. The molecule has 0 saturated heterocycles. The van der Waals surface area contributed by atoms with Gasteiger partial charge in [0.2, 0.25) is 0 Å². The Morgan fingerprint density at radius 1 is 0.941 bits per heavy atom. The van der Waals surface area contributed by atoms with Crippen LogP contribution in [0.3, 0.4) is 0 Å². The zero-order chi connectivity index (χ0) is 25.7. The van der Waals surface area contributed by atoms with E-state index < -0.39 is 0 Å². The Hall–Kier alpha value is -1.09. The number of hydrogen-bond acceptors (Lipinski definition) is 1. The van der Waals surface area contributed by atoms with Crippen LogP contribution >= 0.6 is 0 Å². The predicted molar refractivity (Wildman–Crippen MR) is 152 cm³/mol. The van der Waals surface area contributed by atoms with Gasteiger partial charge in [0.25, 0.3) is 0 Å². The monoisotopic (exact) mass is 514 g/mol. The second kappa shape index (κ2) is 16.6. The average molecular weight is 515 g/mol. The van der Waals surface area contributed by atoms with E-state index >= 15 is 0 Å². The van der Waals surface area contributed by atoms with Crippen LogP contribution in [0.15, 0.2) is 71.4 Å². The minimum atomic E-state index is 0. The molecule has 189 valence electrons. The van der Waals surface area contributed by atoms with Crippen LogP contribution in [-0.4, -0.2) is 16.1 Å². The Labute approximate surface area is 229 Å². The van der Waals surface area contributed by atoms with Crippen molar-refractivity contribution in [2.45, 2.75) is 88.8 Å². The van der Waals surface area contributed by atoms with E-state index in [1.54, 1.807) is 0 Å². The summed E-state index contributed by atoms with van der Waals surface area (Å²) in [5, 5.41) is 0. The van der Waals surface area contributed by atoms with E-state index in [-0.39, 0.29) is 32.5 Å². The van der Waals surface area contributed by atoms with E-state index in [0.29, 0.717) is 12.0 Å². The van der Waals surface area contributed by atoms with Crippen molar-refractivity contribution in [1.29, 1.82) is 0 Å². The Kier molecular flexibility index (Phi) is 17.1. The van der Waals surface area contributed by atoms with Gasteiger partial charge in [-0.2, -0.15) is 11.6 Å². The van der Waals surface area contributed by atoms with Gasteiger partial charge in [-0.25, -0.2) is 6.08 Å². The van der Waals surface area contributed by atoms with Crippen molar-refractivity contribution in [3.63, 3.8) is 0 Å². The molecule has 0 aliphatic heterocycles. The van der Waals surface area contributed by atoms with E-state index in [1.807, 2.05) is 30.3 Å². The fourth-order valence-corrected chi connectivity index (χ4v) is 2.99. The fourth-order valence-electron chi connectivity index (χ4n) is 2.99. The van der Waals surface area contributed by atoms with Crippen molar-refractivity contribution in [2.75, 3.05) is 6.61 Å². The van der Waals surface area contributed by atoms with E-state index in [4.69, 9.17) is 4.74 Å². The van der Waals surface area contributed by atoms with Crippen molar-refractivity contribution in [2.24, 2.45) is 16.2 Å². The molecule has 0 fully saturated rings. The van der Waals surface area contributed by atoms with Gasteiger partial charge in [-0.05, 0) is 41.0 Å². The van der Waals surface area contributed by atoms with Gasteiger partial charge in [-0.1, -0.05) is 111 Å². The summed E-state index contributed by atoms with van der Waals surface area (Å²) in [6.45, 7) is 27.3. The van der Waals surface area contributed by atoms with Gasteiger partial charge in [-0.3, -0.25) is 6.08 Å². The maximum atomic E-state index is 5.96. The molecule has 1 aliphatic rings. The standard InChI is InChI=1S/C20H30O.C9H13.C2H7Si.Ti/c1-8-16(19(2,3)4)14-17(20(5,6)7)15-21-18-12-10-9-11-13-18;1-9(2,3)8-6-4-5-7-8;1-3-2;/h8-14H,15H2,1-7H3;6-7H,4H2,1-3H3;3H,1-2H3;/q;-1;;. The molecule has 1 aromatic carbocycles. The Morgan fingerprint density at radius 3 is 1.79 bits per heavy atom. The summed E-state index contributed by atoms with van der Waals surface area (Å²) in [7, 11) is 0.750. The van der Waals surface area contributed by atoms with E-state index in [2.05, 4.69) is 113 Å². The molecular formula is C31H50OSiTi-. The van der Waals surface area contributed by atoms with Crippen LogP contribution in [0.4, 0.5) is 0 Å². The molecular weight excluding hydrogens is 464 g/mol. The molecule has 0 aromatic heterocycles. The summed E-state index contributed by atoms with van der Waals surface area (Å²) in [5.41, 5.74) is 4.65. The first-order valence-electron chi connectivity index (χ1n) is 12.2. The third-order valence-electron chi connectivity index (χ3n) is 5.17. The molecule has 0 N–H and O–H groups in total. The Morgan fingerprint density at radius 2 is 1.47 bits per heavy atom. The zero-order valence-electron chi connectivity index (χ0n) is 24.1. The van der Waals surface area contributed by atoms with Crippen LogP contribution in [0.2, 0.25) is 13.1 Å². The number of benzene rings is 1. The molecule has 34 heavy (non-hydrogen) atoms. The third kappa shape index (κ3) is 15.0. The molecule has 1 nitrogen and oxygen atoms in total. The number of ether oxygens (including phenoxy) is 1. The third-order valence-corrected chi connectivity index (χ3v) is 5.17. The summed E-state index contributed by atoms with van der Waals surface area (Å²) in [6.07, 6.45) is 13.0. The topological polar surface area (TPSA) is 9.23 Å². The molecule has 0 spiro atoms. The zero-order valence-corrected chi connectivity index (χ0v) is 26.8. The van der Waals surface area contributed by atoms with Gasteiger partial charge in [0.1, 0.15) is 12.4 Å². The smallest absolute Gasteiger partial charge is 0.119 e. The van der Waals surface area contributed by atoms with E-state index in [1.165, 1.54) is 16.7 Å². The molecule has 1 radical (unpaired) electrons. The Balaban J connectivity index is 0. The molecule has 3 heteroatoms. The average Bonchev–Trinajstić information content (AvgIpc) is 3.23. The summed E-state index contributed by atoms with van der Waals surface area (Å²) >= 11 is 0. The molecule has 0 amide bonds. The maximum absolute atomic E-state index is 5.96. The number of rotatable bonds is 4. The van der Waals surface area contributed by atoms with Crippen LogP contribution in [0, 0.1) is 22.3 Å². The van der Waals surface area contributed by atoms with Gasteiger partial charge >= 0.3 is 0 Å². The van der Waals surface area contributed by atoms with Gasteiger partial charge in [0, 0.05) is 31.2 Å². The maximum Gasteiger partial charge on any atom is 0.119 e. The van der Waals surface area contributed by atoms with Gasteiger partial charge in [0.05, 0.1) is 0 Å². The van der Waals surface area contributed by atoms with Gasteiger partial charge < -0.3 is 4.74 Å². The van der Waals surface area contributed by atoms with Crippen LogP contribution in [0.25, 0.3) is 0 Å². The quantitative estimate of drug-likeness (QED) is 0.221. The molecule has 0 bridgehead atoms. The van der Waals surface area contributed by atoms with Gasteiger partial charge in [0.15, 0.2) is 0 Å². The minimum Gasteiger partial charge on any atom is -0.489 e. The number of allylic oxidation sites excluding steroid dienone is 7. The second-order valence-corrected chi connectivity index (χ2v) is 12.7. The molecule has 1 aromatic rings. The van der Waals surface area contributed by atoms with Crippen molar-refractivity contribution in [1.82, 2.24) is 0 Å². The molecule has 0 unspecified atom stereocenters. The molecule has 0 saturated carbocycles. The largest absolute Gasteiger partial charge is 0.489 e. The summed E-state index contributed by atoms with van der Waals surface area (Å²) in [5.74, 6) is 0.922. The Bertz CT molecular complexity index is 795. The molecule has 0 heterocycles. The molecule has 0 atom stereocenters. The van der Waals surface area contributed by atoms with Crippen LogP contribution in [0.5, 0.6) is 5.75 Å². The first kappa shape index (κ1) is 35.1. The van der Waals surface area contributed by atoms with Crippen molar-refractivity contribution < 1.29 is 26.5 Å². The van der Waals surface area contributed by atoms with Crippen LogP contribution < -0.4 is 4.74 Å². The van der Waals surface area contributed by atoms with E-state index in [9.17, 15) is 0 Å². The predicted octanol–water partition coefficient (Wildman–Crippen LogP) is 9.27. The number of para-hydroxylation sites is 1. The van der Waals surface area contributed by atoms with Crippen LogP contribution in [0.1, 0.15) is 75.7 Å².